The smallest absolute Gasteiger partial charge is 0.233 e. The van der Waals surface area contributed by atoms with E-state index in [2.05, 4.69) is 42.4 Å². The summed E-state index contributed by atoms with van der Waals surface area (Å²) in [5.74, 6) is -1.54. The highest BCUT2D eigenvalue weighted by Gasteiger charge is 2.58. The van der Waals surface area contributed by atoms with Gasteiger partial charge < -0.3 is 28.4 Å². The van der Waals surface area contributed by atoms with Crippen molar-refractivity contribution in [1.29, 1.82) is 0 Å². The maximum atomic E-state index is 6.56. The molecule has 0 spiro atoms. The third-order valence-corrected chi connectivity index (χ3v) is 8.57. The van der Waals surface area contributed by atoms with Gasteiger partial charge in [-0.2, -0.15) is 0 Å². The molecule has 0 amide bonds. The van der Waals surface area contributed by atoms with Gasteiger partial charge in [0.1, 0.15) is 0 Å². The van der Waals surface area contributed by atoms with Crippen LogP contribution in [0.5, 0.6) is 0 Å². The number of hydrogen-bond donors (Lipinski definition) is 0. The Labute approximate surface area is 203 Å². The third-order valence-electron chi connectivity index (χ3n) is 8.57. The molecular formula is C25H43N3O6. The van der Waals surface area contributed by atoms with E-state index in [1.54, 1.807) is 0 Å². The third kappa shape index (κ3) is 3.96. The summed E-state index contributed by atoms with van der Waals surface area (Å²) in [6, 6.07) is 0. The summed E-state index contributed by atoms with van der Waals surface area (Å²) >= 11 is 0. The molecule has 6 fully saturated rings. The molecule has 7 unspecified atom stereocenters. The minimum atomic E-state index is -0.630. The fraction of sp³-hybridized carbons (Fsp3) is 1.00. The summed E-state index contributed by atoms with van der Waals surface area (Å²) < 4.78 is 38.2. The minimum absolute atomic E-state index is 0.176. The fourth-order valence-corrected chi connectivity index (χ4v) is 7.42. The van der Waals surface area contributed by atoms with E-state index in [-0.39, 0.29) is 30.3 Å². The summed E-state index contributed by atoms with van der Waals surface area (Å²) in [6.07, 6.45) is 5.40. The van der Waals surface area contributed by atoms with Crippen LogP contribution >= 0.6 is 0 Å². The topological polar surface area (TPSA) is 65.1 Å². The Morgan fingerprint density at radius 1 is 0.647 bits per heavy atom. The van der Waals surface area contributed by atoms with E-state index in [1.807, 2.05) is 0 Å². The zero-order valence-electron chi connectivity index (χ0n) is 21.4. The second-order valence-corrected chi connectivity index (χ2v) is 11.4. The molecule has 9 nitrogen and oxygen atoms in total. The highest BCUT2D eigenvalue weighted by molar-refractivity contribution is 4.95. The molecule has 0 saturated carbocycles. The zero-order chi connectivity index (χ0) is 23.6. The van der Waals surface area contributed by atoms with Gasteiger partial charge in [-0.25, -0.2) is 14.7 Å². The second kappa shape index (κ2) is 8.89. The first kappa shape index (κ1) is 24.0. The van der Waals surface area contributed by atoms with Crippen molar-refractivity contribution < 1.29 is 28.4 Å². The Morgan fingerprint density at radius 3 is 2.00 bits per heavy atom. The molecule has 0 aliphatic carbocycles. The van der Waals surface area contributed by atoms with Crippen LogP contribution in [0.2, 0.25) is 0 Å². The van der Waals surface area contributed by atoms with Gasteiger partial charge in [0.05, 0.1) is 37.6 Å². The molecule has 0 aromatic heterocycles. The molecule has 34 heavy (non-hydrogen) atoms. The van der Waals surface area contributed by atoms with E-state index < -0.39 is 17.7 Å². The van der Waals surface area contributed by atoms with Gasteiger partial charge in [0.25, 0.3) is 0 Å². The Kier molecular flexibility index (Phi) is 6.27. The second-order valence-electron chi connectivity index (χ2n) is 11.4. The van der Waals surface area contributed by atoms with Crippen LogP contribution in [0, 0.1) is 5.92 Å². The van der Waals surface area contributed by atoms with Gasteiger partial charge in [0.2, 0.25) is 17.7 Å². The summed E-state index contributed by atoms with van der Waals surface area (Å²) in [5, 5.41) is 0. The Balaban J connectivity index is 1.17. The van der Waals surface area contributed by atoms with Gasteiger partial charge in [0.15, 0.2) is 0 Å². The normalized spacial score (nSPS) is 48.0. The van der Waals surface area contributed by atoms with Crippen LogP contribution < -0.4 is 0 Å². The van der Waals surface area contributed by atoms with Crippen LogP contribution in [0.1, 0.15) is 59.8 Å². The summed E-state index contributed by atoms with van der Waals surface area (Å²) in [7, 11) is 0. The molecule has 0 radical (unpaired) electrons. The van der Waals surface area contributed by atoms with Crippen molar-refractivity contribution in [2.75, 3.05) is 52.5 Å². The van der Waals surface area contributed by atoms with Gasteiger partial charge in [0, 0.05) is 58.0 Å². The largest absolute Gasteiger partial charge is 0.336 e. The van der Waals surface area contributed by atoms with E-state index in [9.17, 15) is 0 Å². The molecule has 194 valence electrons. The molecule has 7 atom stereocenters. The van der Waals surface area contributed by atoms with Crippen LogP contribution in [0.3, 0.4) is 0 Å². The lowest BCUT2D eigenvalue weighted by Crippen LogP contribution is -2.49. The maximum Gasteiger partial charge on any atom is 0.233 e. The van der Waals surface area contributed by atoms with Gasteiger partial charge in [-0.05, 0) is 47.0 Å². The fourth-order valence-electron chi connectivity index (χ4n) is 7.42. The van der Waals surface area contributed by atoms with Gasteiger partial charge in [-0.15, -0.1) is 0 Å². The first-order valence-electron chi connectivity index (χ1n) is 13.6. The van der Waals surface area contributed by atoms with E-state index in [0.29, 0.717) is 0 Å². The number of hydrogen-bond acceptors (Lipinski definition) is 9. The standard InChI is InChI=1S/C25H43N3O6/c1-18-14-26-10-12-29-23(26,31-18)9-7-22(25-27(11-13-30-25)15-21(4)34-25)6-5-8-24-28(16-19(2)32-24)17-20(3)33-24/h18-22H,5-17H2,1-4H3. The van der Waals surface area contributed by atoms with E-state index in [1.165, 1.54) is 0 Å². The lowest BCUT2D eigenvalue weighted by molar-refractivity contribution is -0.289. The average molecular weight is 482 g/mol. The quantitative estimate of drug-likeness (QED) is 0.519. The first-order valence-corrected chi connectivity index (χ1v) is 13.6. The Morgan fingerprint density at radius 2 is 1.24 bits per heavy atom. The molecule has 6 saturated heterocycles. The van der Waals surface area contributed by atoms with Crippen molar-refractivity contribution in [3.63, 3.8) is 0 Å². The van der Waals surface area contributed by atoms with Crippen molar-refractivity contribution in [3.05, 3.63) is 0 Å². The zero-order valence-corrected chi connectivity index (χ0v) is 21.4. The molecule has 6 aliphatic rings. The maximum absolute atomic E-state index is 6.56. The molecule has 0 aromatic rings. The van der Waals surface area contributed by atoms with Gasteiger partial charge >= 0.3 is 0 Å². The summed E-state index contributed by atoms with van der Waals surface area (Å²) in [5.41, 5.74) is 0. The van der Waals surface area contributed by atoms with E-state index in [0.717, 1.165) is 84.6 Å². The van der Waals surface area contributed by atoms with Gasteiger partial charge in [-0.3, -0.25) is 0 Å². The van der Waals surface area contributed by atoms with Crippen LogP contribution in [0.15, 0.2) is 0 Å². The van der Waals surface area contributed by atoms with E-state index >= 15 is 0 Å². The van der Waals surface area contributed by atoms with Crippen molar-refractivity contribution in [1.82, 2.24) is 14.7 Å². The van der Waals surface area contributed by atoms with E-state index in [4.69, 9.17) is 28.4 Å². The lowest BCUT2D eigenvalue weighted by atomic mass is 9.90. The molecule has 0 bridgehead atoms. The predicted octanol–water partition coefficient (Wildman–Crippen LogP) is 2.16. The number of nitrogens with zero attached hydrogens (tertiary/aromatic N) is 3. The number of fused-ring (bicyclic) bond motifs is 3. The van der Waals surface area contributed by atoms with Crippen molar-refractivity contribution >= 4 is 0 Å². The number of ether oxygens (including phenoxy) is 6. The van der Waals surface area contributed by atoms with Crippen LogP contribution in [0.25, 0.3) is 0 Å². The molecule has 0 N–H and O–H groups in total. The van der Waals surface area contributed by atoms with Crippen LogP contribution in [-0.4, -0.2) is 109 Å². The first-order chi connectivity index (χ1) is 16.3. The molecular weight excluding hydrogens is 438 g/mol. The van der Waals surface area contributed by atoms with Crippen LogP contribution in [-0.2, 0) is 28.4 Å². The SMILES string of the molecule is CC1CN2CCOC2(CCC(CCCC23OC(C)CN2CC(C)O3)C23OCCN2CC(C)O3)O1. The Bertz CT molecular complexity index is 744. The monoisotopic (exact) mass is 481 g/mol. The molecule has 6 rings (SSSR count). The average Bonchev–Trinajstić information content (AvgIpc) is 3.54. The molecule has 6 heterocycles. The molecule has 9 heteroatoms. The highest BCUT2D eigenvalue weighted by Crippen LogP contribution is 2.47. The molecule has 0 aromatic carbocycles. The lowest BCUT2D eigenvalue weighted by Gasteiger charge is -2.39. The number of rotatable bonds is 8. The highest BCUT2D eigenvalue weighted by atomic mass is 16.8. The van der Waals surface area contributed by atoms with Gasteiger partial charge in [-0.1, -0.05) is 0 Å². The van der Waals surface area contributed by atoms with Crippen LogP contribution in [0.4, 0.5) is 0 Å². The minimum Gasteiger partial charge on any atom is -0.336 e. The van der Waals surface area contributed by atoms with Crippen molar-refractivity contribution in [2.45, 2.75) is 102 Å². The molecule has 6 aliphatic heterocycles. The predicted molar refractivity (Wildman–Crippen MR) is 124 cm³/mol. The summed E-state index contributed by atoms with van der Waals surface area (Å²) in [4.78, 5) is 7.17. The van der Waals surface area contributed by atoms with Crippen molar-refractivity contribution in [3.8, 4) is 0 Å². The Hall–Kier alpha value is -0.360. The van der Waals surface area contributed by atoms with Crippen molar-refractivity contribution in [2.24, 2.45) is 5.92 Å². The summed E-state index contributed by atoms with van der Waals surface area (Å²) in [6.45, 7) is 15.7.